The molecule has 0 aliphatic carbocycles. The first-order valence-electron chi connectivity index (χ1n) is 27.3. The molecule has 0 spiro atoms. The van der Waals surface area contributed by atoms with Crippen molar-refractivity contribution in [3.63, 3.8) is 0 Å². The molecule has 0 unspecified atom stereocenters. The van der Waals surface area contributed by atoms with Crippen LogP contribution in [0.15, 0.2) is 297 Å². The van der Waals surface area contributed by atoms with Gasteiger partial charge in [0.05, 0.1) is 51.2 Å². The molecule has 0 aliphatic heterocycles. The van der Waals surface area contributed by atoms with Gasteiger partial charge in [-0.15, -0.1) is 0 Å². The molecule has 0 heterocycles. The summed E-state index contributed by atoms with van der Waals surface area (Å²) in [5.74, 6) is 0. The first-order chi connectivity index (χ1) is 39.2. The minimum Gasteiger partial charge on any atom is -0.309 e. The standard InChI is InChI=1S/C76H49N3/c1-7-31-57-50(19-1)25-13-37-66(57)77(67-38-14-26-51-20-2-8-32-58(51)67)72-48-44-56-43-45-64-73(78(68-39-15-27-52-21-3-9-33-59(52)68)69-40-16-28-53-22-4-10-34-60(53)69)49-74(65-47-46-63(72)75(56)76(64)65)79(70-41-17-29-54-23-5-11-35-61(54)70)71-42-18-30-55-24-6-12-36-62(55)71/h1-49H. The van der Waals surface area contributed by atoms with Gasteiger partial charge in [-0.3, -0.25) is 0 Å². The van der Waals surface area contributed by atoms with Gasteiger partial charge < -0.3 is 14.7 Å². The van der Waals surface area contributed by atoms with Crippen molar-refractivity contribution >= 4 is 148 Å². The molecular formula is C76H49N3. The fraction of sp³-hybridized carbons (Fsp3) is 0. The van der Waals surface area contributed by atoms with Crippen LogP contribution in [-0.4, -0.2) is 0 Å². The SMILES string of the molecule is c1ccc2c(N(c3cccc4ccccc34)c3ccc4ccc5c(N(c6cccc7ccccc67)c6cccc7ccccc67)cc(N(c6cccc7ccccc67)c6cccc7ccccc67)c6ccc3c4c56)cccc2c1. The summed E-state index contributed by atoms with van der Waals surface area (Å²) in [7, 11) is 0. The van der Waals surface area contributed by atoms with Gasteiger partial charge in [-0.05, 0) is 91.6 Å². The summed E-state index contributed by atoms with van der Waals surface area (Å²) in [4.78, 5) is 7.64. The van der Waals surface area contributed by atoms with Crippen molar-refractivity contribution in [3.05, 3.63) is 297 Å². The highest BCUT2D eigenvalue weighted by molar-refractivity contribution is 6.32. The molecule has 3 heteroatoms. The summed E-state index contributed by atoms with van der Waals surface area (Å²) in [6.07, 6.45) is 0. The number of nitrogens with zero attached hydrogens (tertiary/aromatic N) is 3. The third kappa shape index (κ3) is 7.07. The maximum absolute atomic E-state index is 2.56. The largest absolute Gasteiger partial charge is 0.309 e. The van der Waals surface area contributed by atoms with Gasteiger partial charge in [0, 0.05) is 53.9 Å². The highest BCUT2D eigenvalue weighted by atomic mass is 15.2. The molecule has 79 heavy (non-hydrogen) atoms. The normalized spacial score (nSPS) is 11.8. The molecule has 0 saturated carbocycles. The van der Waals surface area contributed by atoms with Crippen LogP contribution in [0.2, 0.25) is 0 Å². The fourth-order valence-corrected chi connectivity index (χ4v) is 13.0. The summed E-state index contributed by atoms with van der Waals surface area (Å²) >= 11 is 0. The Morgan fingerprint density at radius 3 is 0.684 bits per heavy atom. The van der Waals surface area contributed by atoms with Crippen LogP contribution in [0.5, 0.6) is 0 Å². The molecule has 16 rings (SSSR count). The van der Waals surface area contributed by atoms with Crippen molar-refractivity contribution in [3.8, 4) is 0 Å². The van der Waals surface area contributed by atoms with Crippen LogP contribution in [0.3, 0.4) is 0 Å². The summed E-state index contributed by atoms with van der Waals surface area (Å²) in [5, 5.41) is 21.3. The van der Waals surface area contributed by atoms with Gasteiger partial charge in [0.2, 0.25) is 0 Å². The molecule has 368 valence electrons. The predicted octanol–water partition coefficient (Wildman–Crippen LogP) is 21.9. The zero-order chi connectivity index (χ0) is 52.0. The number of fused-ring (bicyclic) bond motifs is 6. The van der Waals surface area contributed by atoms with Crippen LogP contribution in [-0.2, 0) is 0 Å². The number of hydrogen-bond donors (Lipinski definition) is 0. The van der Waals surface area contributed by atoms with E-state index in [-0.39, 0.29) is 0 Å². The lowest BCUT2D eigenvalue weighted by atomic mass is 9.89. The third-order valence-electron chi connectivity index (χ3n) is 16.5. The van der Waals surface area contributed by atoms with Gasteiger partial charge >= 0.3 is 0 Å². The highest BCUT2D eigenvalue weighted by Gasteiger charge is 2.29. The summed E-state index contributed by atoms with van der Waals surface area (Å²) < 4.78 is 0. The van der Waals surface area contributed by atoms with E-state index in [1.165, 1.54) is 86.2 Å². The van der Waals surface area contributed by atoms with Crippen molar-refractivity contribution in [2.45, 2.75) is 0 Å². The van der Waals surface area contributed by atoms with E-state index in [1.54, 1.807) is 0 Å². The van der Waals surface area contributed by atoms with Crippen molar-refractivity contribution < 1.29 is 0 Å². The monoisotopic (exact) mass is 1000 g/mol. The summed E-state index contributed by atoms with van der Waals surface area (Å²) in [5.41, 5.74) is 9.96. The average molecular weight is 1000 g/mol. The molecule has 0 radical (unpaired) electrons. The van der Waals surface area contributed by atoms with Crippen LogP contribution in [0.4, 0.5) is 51.2 Å². The van der Waals surface area contributed by atoms with E-state index in [0.29, 0.717) is 0 Å². The van der Waals surface area contributed by atoms with E-state index in [4.69, 9.17) is 0 Å². The maximum atomic E-state index is 2.56. The quantitative estimate of drug-likeness (QED) is 0.133. The van der Waals surface area contributed by atoms with Gasteiger partial charge in [0.15, 0.2) is 0 Å². The van der Waals surface area contributed by atoms with Crippen molar-refractivity contribution in [1.82, 2.24) is 0 Å². The molecule has 0 aromatic heterocycles. The fourth-order valence-electron chi connectivity index (χ4n) is 13.0. The molecule has 16 aromatic carbocycles. The molecule has 0 amide bonds. The highest BCUT2D eigenvalue weighted by Crippen LogP contribution is 2.55. The number of benzene rings is 16. The Hall–Kier alpha value is -10.5. The van der Waals surface area contributed by atoms with E-state index in [2.05, 4.69) is 312 Å². The average Bonchev–Trinajstić information content (AvgIpc) is 3.69. The second kappa shape index (κ2) is 18.1. The van der Waals surface area contributed by atoms with Crippen LogP contribution in [0, 0.1) is 0 Å². The first kappa shape index (κ1) is 44.8. The Morgan fingerprint density at radius 1 is 0.139 bits per heavy atom. The van der Waals surface area contributed by atoms with Gasteiger partial charge in [0.1, 0.15) is 0 Å². The topological polar surface area (TPSA) is 9.72 Å². The predicted molar refractivity (Wildman–Crippen MR) is 339 cm³/mol. The Bertz CT molecular complexity index is 4620. The summed E-state index contributed by atoms with van der Waals surface area (Å²) in [6.45, 7) is 0. The van der Waals surface area contributed by atoms with E-state index in [1.807, 2.05) is 0 Å². The van der Waals surface area contributed by atoms with Crippen LogP contribution < -0.4 is 14.7 Å². The van der Waals surface area contributed by atoms with E-state index < -0.39 is 0 Å². The van der Waals surface area contributed by atoms with E-state index >= 15 is 0 Å². The molecule has 0 saturated heterocycles. The lowest BCUT2D eigenvalue weighted by Crippen LogP contribution is -2.16. The van der Waals surface area contributed by atoms with Gasteiger partial charge in [-0.2, -0.15) is 0 Å². The van der Waals surface area contributed by atoms with Crippen LogP contribution in [0.1, 0.15) is 0 Å². The number of anilines is 9. The number of rotatable bonds is 9. The Kier molecular flexibility index (Phi) is 10.3. The Labute approximate surface area is 457 Å². The van der Waals surface area contributed by atoms with Crippen molar-refractivity contribution in [2.75, 3.05) is 14.7 Å². The molecule has 0 bridgehead atoms. The van der Waals surface area contributed by atoms with Crippen molar-refractivity contribution in [2.24, 2.45) is 0 Å². The van der Waals surface area contributed by atoms with Crippen LogP contribution in [0.25, 0.3) is 97.0 Å². The van der Waals surface area contributed by atoms with Gasteiger partial charge in [-0.25, -0.2) is 0 Å². The van der Waals surface area contributed by atoms with E-state index in [9.17, 15) is 0 Å². The molecular weight excluding hydrogens is 955 g/mol. The molecule has 16 aromatic rings. The molecule has 0 N–H and O–H groups in total. The third-order valence-corrected chi connectivity index (χ3v) is 16.5. The van der Waals surface area contributed by atoms with Gasteiger partial charge in [-0.1, -0.05) is 249 Å². The molecule has 3 nitrogen and oxygen atoms in total. The molecule has 0 atom stereocenters. The lowest BCUT2D eigenvalue weighted by molar-refractivity contribution is 1.30. The van der Waals surface area contributed by atoms with E-state index in [0.717, 1.165) is 62.0 Å². The second-order valence-electron chi connectivity index (χ2n) is 20.7. The smallest absolute Gasteiger partial charge is 0.0562 e. The Morgan fingerprint density at radius 2 is 0.367 bits per heavy atom. The minimum absolute atomic E-state index is 1.08. The number of hydrogen-bond acceptors (Lipinski definition) is 3. The molecule has 0 aliphatic rings. The van der Waals surface area contributed by atoms with Crippen molar-refractivity contribution in [1.29, 1.82) is 0 Å². The molecule has 0 fully saturated rings. The first-order valence-corrected chi connectivity index (χ1v) is 27.3. The minimum atomic E-state index is 1.08. The summed E-state index contributed by atoms with van der Waals surface area (Å²) in [6, 6.07) is 110. The van der Waals surface area contributed by atoms with Gasteiger partial charge in [0.25, 0.3) is 0 Å². The second-order valence-corrected chi connectivity index (χ2v) is 20.7. The zero-order valence-corrected chi connectivity index (χ0v) is 43.1. The Balaban J connectivity index is 1.09. The lowest BCUT2D eigenvalue weighted by Gasteiger charge is -2.34. The van der Waals surface area contributed by atoms with Crippen LogP contribution >= 0.6 is 0 Å². The zero-order valence-electron chi connectivity index (χ0n) is 43.1. The maximum Gasteiger partial charge on any atom is 0.0562 e.